The zero-order valence-electron chi connectivity index (χ0n) is 12.4. The van der Waals surface area contributed by atoms with Crippen molar-refractivity contribution >= 4 is 0 Å². The molecule has 0 radical (unpaired) electrons. The van der Waals surface area contributed by atoms with Crippen LogP contribution >= 0.6 is 0 Å². The fourth-order valence-electron chi connectivity index (χ4n) is 4.00. The minimum Gasteiger partial charge on any atom is -0.313 e. The Balaban J connectivity index is 1.84. The van der Waals surface area contributed by atoms with Gasteiger partial charge < -0.3 is 5.32 Å². The van der Waals surface area contributed by atoms with E-state index in [1.54, 1.807) is 0 Å². The molecule has 3 nitrogen and oxygen atoms in total. The number of hydrogen-bond donors (Lipinski definition) is 1. The first-order valence-electron chi connectivity index (χ1n) is 7.73. The van der Waals surface area contributed by atoms with Gasteiger partial charge in [0.05, 0.1) is 0 Å². The highest BCUT2D eigenvalue weighted by Crippen LogP contribution is 2.52. The first kappa shape index (κ1) is 13.0. The summed E-state index contributed by atoms with van der Waals surface area (Å²) in [5.41, 5.74) is 3.63. The van der Waals surface area contributed by atoms with Crippen LogP contribution in [0.2, 0.25) is 0 Å². The monoisotopic (exact) mass is 259 g/mol. The van der Waals surface area contributed by atoms with Crippen LogP contribution in [-0.2, 0) is 6.54 Å². The minimum absolute atomic E-state index is 0.643. The smallest absolute Gasteiger partial charge is 0.132 e. The van der Waals surface area contributed by atoms with Crippen molar-refractivity contribution in [3.63, 3.8) is 0 Å². The van der Waals surface area contributed by atoms with Gasteiger partial charge in [-0.3, -0.25) is 0 Å². The van der Waals surface area contributed by atoms with Crippen molar-refractivity contribution < 1.29 is 0 Å². The molecule has 0 amide bonds. The third-order valence-corrected chi connectivity index (χ3v) is 5.06. The normalized spacial score (nSPS) is 29.1. The third kappa shape index (κ3) is 2.40. The molecule has 0 spiro atoms. The summed E-state index contributed by atoms with van der Waals surface area (Å²) in [6.07, 6.45) is 5.59. The molecular formula is C16H25N3. The Morgan fingerprint density at radius 2 is 1.84 bits per heavy atom. The third-order valence-electron chi connectivity index (χ3n) is 5.06. The summed E-state index contributed by atoms with van der Waals surface area (Å²) in [7, 11) is 0. The zero-order valence-corrected chi connectivity index (χ0v) is 12.4. The van der Waals surface area contributed by atoms with E-state index in [1.165, 1.54) is 42.6 Å². The van der Waals surface area contributed by atoms with Gasteiger partial charge in [0.2, 0.25) is 0 Å². The second-order valence-electron chi connectivity index (χ2n) is 6.29. The van der Waals surface area contributed by atoms with Gasteiger partial charge in [0.15, 0.2) is 0 Å². The Hall–Kier alpha value is -0.960. The van der Waals surface area contributed by atoms with Gasteiger partial charge >= 0.3 is 0 Å². The number of nitrogens with one attached hydrogen (secondary N) is 1. The van der Waals surface area contributed by atoms with Crippen LogP contribution in [0.3, 0.4) is 0 Å². The highest BCUT2D eigenvalue weighted by Gasteiger charge is 2.41. The van der Waals surface area contributed by atoms with Crippen LogP contribution < -0.4 is 5.32 Å². The molecule has 3 unspecified atom stereocenters. The van der Waals surface area contributed by atoms with Crippen LogP contribution in [0.25, 0.3) is 0 Å². The quantitative estimate of drug-likeness (QED) is 0.903. The van der Waals surface area contributed by atoms with E-state index in [4.69, 9.17) is 9.97 Å². The Morgan fingerprint density at radius 3 is 2.37 bits per heavy atom. The minimum atomic E-state index is 0.643. The van der Waals surface area contributed by atoms with Crippen molar-refractivity contribution in [2.24, 2.45) is 11.8 Å². The molecule has 2 saturated carbocycles. The summed E-state index contributed by atoms with van der Waals surface area (Å²) in [5.74, 6) is 3.59. The second-order valence-corrected chi connectivity index (χ2v) is 6.29. The Kier molecular flexibility index (Phi) is 3.57. The summed E-state index contributed by atoms with van der Waals surface area (Å²) in [6.45, 7) is 8.30. The lowest BCUT2D eigenvalue weighted by Gasteiger charge is -2.22. The van der Waals surface area contributed by atoms with Gasteiger partial charge in [-0.2, -0.15) is 0 Å². The average molecular weight is 259 g/mol. The van der Waals surface area contributed by atoms with Gasteiger partial charge in [0, 0.05) is 29.4 Å². The van der Waals surface area contributed by atoms with Gasteiger partial charge in [-0.15, -0.1) is 0 Å². The van der Waals surface area contributed by atoms with Crippen LogP contribution in [0.15, 0.2) is 0 Å². The maximum atomic E-state index is 4.84. The van der Waals surface area contributed by atoms with E-state index in [0.717, 1.165) is 30.7 Å². The number of aromatic nitrogens is 2. The molecule has 0 aliphatic heterocycles. The predicted molar refractivity (Wildman–Crippen MR) is 77.1 cm³/mol. The molecule has 2 bridgehead atoms. The van der Waals surface area contributed by atoms with Crippen LogP contribution in [0, 0.1) is 25.7 Å². The topological polar surface area (TPSA) is 37.8 Å². The van der Waals surface area contributed by atoms with E-state index in [0.29, 0.717) is 5.92 Å². The summed E-state index contributed by atoms with van der Waals surface area (Å²) in [5, 5.41) is 3.38. The van der Waals surface area contributed by atoms with Crippen LogP contribution in [0.4, 0.5) is 0 Å². The Morgan fingerprint density at radius 1 is 1.11 bits per heavy atom. The van der Waals surface area contributed by atoms with E-state index >= 15 is 0 Å². The zero-order chi connectivity index (χ0) is 13.4. The summed E-state index contributed by atoms with van der Waals surface area (Å²) in [4.78, 5) is 9.67. The van der Waals surface area contributed by atoms with Crippen molar-refractivity contribution in [1.29, 1.82) is 0 Å². The van der Waals surface area contributed by atoms with Crippen molar-refractivity contribution in [2.75, 3.05) is 6.54 Å². The molecule has 3 rings (SSSR count). The molecule has 2 aliphatic carbocycles. The number of hydrogen-bond acceptors (Lipinski definition) is 3. The maximum Gasteiger partial charge on any atom is 0.132 e. The molecule has 1 N–H and O–H groups in total. The molecule has 0 aromatic carbocycles. The fraction of sp³-hybridized carbons (Fsp3) is 0.750. The average Bonchev–Trinajstić information content (AvgIpc) is 3.00. The lowest BCUT2D eigenvalue weighted by molar-refractivity contribution is 0.403. The van der Waals surface area contributed by atoms with Gasteiger partial charge in [-0.25, -0.2) is 9.97 Å². The molecule has 1 aromatic heterocycles. The van der Waals surface area contributed by atoms with Crippen molar-refractivity contribution in [1.82, 2.24) is 15.3 Å². The lowest BCUT2D eigenvalue weighted by Crippen LogP contribution is -2.18. The van der Waals surface area contributed by atoms with Crippen molar-refractivity contribution in [2.45, 2.75) is 58.9 Å². The molecule has 0 saturated heterocycles. The number of rotatable bonds is 4. The standard InChI is InChI=1S/C16H25N3/c1-4-17-9-15-10(2)18-16(19-11(15)3)14-8-12-5-6-13(14)7-12/h12-14,17H,4-9H2,1-3H3. The van der Waals surface area contributed by atoms with E-state index in [2.05, 4.69) is 26.1 Å². The van der Waals surface area contributed by atoms with Crippen molar-refractivity contribution in [3.8, 4) is 0 Å². The largest absolute Gasteiger partial charge is 0.313 e. The molecule has 1 heterocycles. The van der Waals surface area contributed by atoms with Crippen molar-refractivity contribution in [3.05, 3.63) is 22.8 Å². The highest BCUT2D eigenvalue weighted by atomic mass is 14.9. The van der Waals surface area contributed by atoms with Gasteiger partial charge in [-0.05, 0) is 51.5 Å². The summed E-state index contributed by atoms with van der Waals surface area (Å²) >= 11 is 0. The Bertz CT molecular complexity index is 446. The van der Waals surface area contributed by atoms with Gasteiger partial charge in [-0.1, -0.05) is 13.3 Å². The SMILES string of the molecule is CCNCc1c(C)nc(C2CC3CCC2C3)nc1C. The van der Waals surface area contributed by atoms with E-state index in [-0.39, 0.29) is 0 Å². The molecule has 19 heavy (non-hydrogen) atoms. The molecule has 104 valence electrons. The van der Waals surface area contributed by atoms with Crippen LogP contribution in [0.5, 0.6) is 0 Å². The summed E-state index contributed by atoms with van der Waals surface area (Å²) < 4.78 is 0. The molecule has 1 aromatic rings. The van der Waals surface area contributed by atoms with E-state index in [9.17, 15) is 0 Å². The fourth-order valence-corrected chi connectivity index (χ4v) is 4.00. The van der Waals surface area contributed by atoms with Crippen LogP contribution in [-0.4, -0.2) is 16.5 Å². The maximum absolute atomic E-state index is 4.84. The van der Waals surface area contributed by atoms with Gasteiger partial charge in [0.1, 0.15) is 5.82 Å². The summed E-state index contributed by atoms with van der Waals surface area (Å²) in [6, 6.07) is 0. The first-order valence-corrected chi connectivity index (χ1v) is 7.73. The lowest BCUT2D eigenvalue weighted by atomic mass is 9.88. The van der Waals surface area contributed by atoms with Gasteiger partial charge in [0.25, 0.3) is 0 Å². The first-order chi connectivity index (χ1) is 9.19. The molecule has 3 atom stereocenters. The van der Waals surface area contributed by atoms with E-state index in [1.807, 2.05) is 0 Å². The highest BCUT2D eigenvalue weighted by molar-refractivity contribution is 5.25. The Labute approximate surface area is 116 Å². The number of aryl methyl sites for hydroxylation is 2. The molecule has 2 aliphatic rings. The molecule has 3 heteroatoms. The van der Waals surface area contributed by atoms with E-state index < -0.39 is 0 Å². The number of fused-ring (bicyclic) bond motifs is 2. The molecule has 2 fully saturated rings. The molecular weight excluding hydrogens is 234 g/mol. The second kappa shape index (κ2) is 5.20. The van der Waals surface area contributed by atoms with Crippen LogP contribution in [0.1, 0.15) is 61.3 Å². The predicted octanol–water partition coefficient (Wildman–Crippen LogP) is 3.11. The number of nitrogens with zero attached hydrogens (tertiary/aromatic N) is 2.